The lowest BCUT2D eigenvalue weighted by Gasteiger charge is -2.33. The van der Waals surface area contributed by atoms with Gasteiger partial charge >= 0.3 is 0 Å². The van der Waals surface area contributed by atoms with E-state index in [1.165, 1.54) is 36.0 Å². The lowest BCUT2D eigenvalue weighted by atomic mass is 9.72. The van der Waals surface area contributed by atoms with Gasteiger partial charge in [-0.25, -0.2) is 0 Å². The summed E-state index contributed by atoms with van der Waals surface area (Å²) < 4.78 is 0. The first kappa shape index (κ1) is 11.7. The Morgan fingerprint density at radius 2 is 1.88 bits per heavy atom. The van der Waals surface area contributed by atoms with E-state index in [9.17, 15) is 0 Å². The zero-order chi connectivity index (χ0) is 11.8. The Kier molecular flexibility index (Phi) is 3.07. The molecule has 0 spiro atoms. The first-order valence-electron chi connectivity index (χ1n) is 6.37. The maximum Gasteiger partial charge on any atom is 0.0101 e. The van der Waals surface area contributed by atoms with Gasteiger partial charge in [0.15, 0.2) is 0 Å². The monoisotopic (exact) mass is 217 g/mol. The van der Waals surface area contributed by atoms with Gasteiger partial charge in [0, 0.05) is 12.0 Å². The molecule has 0 aliphatic heterocycles. The molecule has 1 fully saturated rings. The van der Waals surface area contributed by atoms with Gasteiger partial charge in [0.25, 0.3) is 0 Å². The molecule has 1 heteroatoms. The van der Waals surface area contributed by atoms with Crippen molar-refractivity contribution in [3.63, 3.8) is 0 Å². The summed E-state index contributed by atoms with van der Waals surface area (Å²) in [6, 6.07) is 6.91. The molecule has 0 radical (unpaired) electrons. The lowest BCUT2D eigenvalue weighted by Crippen LogP contribution is -2.37. The van der Waals surface area contributed by atoms with Crippen LogP contribution in [-0.4, -0.2) is 6.54 Å². The molecule has 0 heterocycles. The Balaban J connectivity index is 2.47. The third-order valence-corrected chi connectivity index (χ3v) is 4.36. The summed E-state index contributed by atoms with van der Waals surface area (Å²) >= 11 is 0. The predicted octanol–water partition coefficient (Wildman–Crippen LogP) is 3.32. The Morgan fingerprint density at radius 1 is 1.25 bits per heavy atom. The van der Waals surface area contributed by atoms with Crippen molar-refractivity contribution >= 4 is 0 Å². The minimum atomic E-state index is 0.247. The molecule has 88 valence electrons. The van der Waals surface area contributed by atoms with Crippen molar-refractivity contribution in [1.82, 2.24) is 0 Å². The summed E-state index contributed by atoms with van der Waals surface area (Å²) in [5.74, 6) is 0.721. The van der Waals surface area contributed by atoms with Crippen LogP contribution in [0.15, 0.2) is 18.2 Å². The third-order valence-electron chi connectivity index (χ3n) is 4.36. The first-order valence-corrected chi connectivity index (χ1v) is 6.37. The van der Waals surface area contributed by atoms with Crippen molar-refractivity contribution in [2.45, 2.75) is 45.4 Å². The van der Waals surface area contributed by atoms with E-state index in [2.05, 4.69) is 39.0 Å². The van der Waals surface area contributed by atoms with Gasteiger partial charge in [-0.15, -0.1) is 0 Å². The highest BCUT2D eigenvalue weighted by molar-refractivity contribution is 5.36. The number of hydrogen-bond acceptors (Lipinski definition) is 1. The Morgan fingerprint density at radius 3 is 2.31 bits per heavy atom. The van der Waals surface area contributed by atoms with E-state index >= 15 is 0 Å². The molecule has 2 unspecified atom stereocenters. The summed E-state index contributed by atoms with van der Waals surface area (Å²) in [6.45, 7) is 7.51. The van der Waals surface area contributed by atoms with Gasteiger partial charge in [-0.3, -0.25) is 0 Å². The molecule has 0 saturated heterocycles. The van der Waals surface area contributed by atoms with Gasteiger partial charge in [0.1, 0.15) is 0 Å². The molecule has 0 amide bonds. The van der Waals surface area contributed by atoms with Crippen molar-refractivity contribution in [1.29, 1.82) is 0 Å². The predicted molar refractivity (Wildman–Crippen MR) is 69.7 cm³/mol. The fraction of sp³-hybridized carbons (Fsp3) is 0.600. The van der Waals surface area contributed by atoms with Gasteiger partial charge in [-0.2, -0.15) is 0 Å². The summed E-state index contributed by atoms with van der Waals surface area (Å²) in [4.78, 5) is 0. The molecule has 0 aromatic heterocycles. The third kappa shape index (κ3) is 1.78. The molecular weight excluding hydrogens is 194 g/mol. The molecule has 2 N–H and O–H groups in total. The van der Waals surface area contributed by atoms with E-state index in [4.69, 9.17) is 5.73 Å². The van der Waals surface area contributed by atoms with Gasteiger partial charge in [-0.1, -0.05) is 42.7 Å². The van der Waals surface area contributed by atoms with Crippen LogP contribution in [0.1, 0.15) is 42.9 Å². The molecular formula is C15H23N. The molecule has 0 bridgehead atoms. The molecule has 1 aromatic rings. The van der Waals surface area contributed by atoms with Crippen molar-refractivity contribution < 1.29 is 0 Å². The standard InChI is InChI=1S/C15H23N/c1-11-7-12(2)9-14(8-11)15(10-16)6-4-5-13(15)3/h7-9,13H,4-6,10,16H2,1-3H3. The molecule has 1 aromatic carbocycles. The summed E-state index contributed by atoms with van der Waals surface area (Å²) in [5, 5.41) is 0. The quantitative estimate of drug-likeness (QED) is 0.808. The highest BCUT2D eigenvalue weighted by Gasteiger charge is 2.40. The fourth-order valence-electron chi connectivity index (χ4n) is 3.36. The normalized spacial score (nSPS) is 29.6. The van der Waals surface area contributed by atoms with Crippen LogP contribution >= 0.6 is 0 Å². The molecule has 1 aliphatic rings. The van der Waals surface area contributed by atoms with E-state index in [0.29, 0.717) is 0 Å². The Labute approximate surface area is 99.0 Å². The molecule has 1 saturated carbocycles. The maximum atomic E-state index is 6.09. The van der Waals surface area contributed by atoms with E-state index in [-0.39, 0.29) is 5.41 Å². The highest BCUT2D eigenvalue weighted by Crippen LogP contribution is 2.45. The second-order valence-electron chi connectivity index (χ2n) is 5.53. The van der Waals surface area contributed by atoms with Crippen molar-refractivity contribution in [3.8, 4) is 0 Å². The topological polar surface area (TPSA) is 26.0 Å². The largest absolute Gasteiger partial charge is 0.330 e. The van der Waals surface area contributed by atoms with Gasteiger partial charge in [0.2, 0.25) is 0 Å². The second kappa shape index (κ2) is 4.21. The van der Waals surface area contributed by atoms with Gasteiger partial charge < -0.3 is 5.73 Å². The van der Waals surface area contributed by atoms with Crippen LogP contribution in [0.3, 0.4) is 0 Å². The number of nitrogens with two attached hydrogens (primary N) is 1. The minimum Gasteiger partial charge on any atom is -0.330 e. The summed E-state index contributed by atoms with van der Waals surface area (Å²) in [5.41, 5.74) is 10.5. The van der Waals surface area contributed by atoms with Crippen LogP contribution in [0.2, 0.25) is 0 Å². The summed E-state index contributed by atoms with van der Waals surface area (Å²) in [6.07, 6.45) is 3.91. The van der Waals surface area contributed by atoms with Gasteiger partial charge in [0.05, 0.1) is 0 Å². The van der Waals surface area contributed by atoms with Gasteiger partial charge in [-0.05, 0) is 38.2 Å². The fourth-order valence-corrected chi connectivity index (χ4v) is 3.36. The number of rotatable bonds is 2. The Bertz CT molecular complexity index is 363. The highest BCUT2D eigenvalue weighted by atomic mass is 14.6. The molecule has 2 atom stereocenters. The molecule has 2 rings (SSSR count). The van der Waals surface area contributed by atoms with E-state index < -0.39 is 0 Å². The van der Waals surface area contributed by atoms with Crippen LogP contribution in [0.25, 0.3) is 0 Å². The summed E-state index contributed by atoms with van der Waals surface area (Å²) in [7, 11) is 0. The zero-order valence-corrected chi connectivity index (χ0v) is 10.7. The van der Waals surface area contributed by atoms with Crippen LogP contribution in [0, 0.1) is 19.8 Å². The smallest absolute Gasteiger partial charge is 0.0101 e. The van der Waals surface area contributed by atoms with E-state index in [1.807, 2.05) is 0 Å². The van der Waals surface area contributed by atoms with Crippen molar-refractivity contribution in [3.05, 3.63) is 34.9 Å². The Hall–Kier alpha value is -0.820. The SMILES string of the molecule is Cc1cc(C)cc(C2(CN)CCCC2C)c1. The molecule has 16 heavy (non-hydrogen) atoms. The van der Waals surface area contributed by atoms with Crippen molar-refractivity contribution in [2.75, 3.05) is 6.54 Å². The van der Waals surface area contributed by atoms with E-state index in [1.54, 1.807) is 0 Å². The molecule has 1 aliphatic carbocycles. The van der Waals surface area contributed by atoms with Crippen LogP contribution < -0.4 is 5.73 Å². The number of aryl methyl sites for hydroxylation is 2. The van der Waals surface area contributed by atoms with Crippen LogP contribution in [0.4, 0.5) is 0 Å². The van der Waals surface area contributed by atoms with Crippen LogP contribution in [-0.2, 0) is 5.41 Å². The average molecular weight is 217 g/mol. The number of hydrogen-bond donors (Lipinski definition) is 1. The first-order chi connectivity index (χ1) is 7.58. The zero-order valence-electron chi connectivity index (χ0n) is 10.7. The molecule has 1 nitrogen and oxygen atoms in total. The van der Waals surface area contributed by atoms with Crippen LogP contribution in [0.5, 0.6) is 0 Å². The minimum absolute atomic E-state index is 0.247. The second-order valence-corrected chi connectivity index (χ2v) is 5.53. The lowest BCUT2D eigenvalue weighted by molar-refractivity contribution is 0.346. The van der Waals surface area contributed by atoms with Crippen molar-refractivity contribution in [2.24, 2.45) is 11.7 Å². The average Bonchev–Trinajstić information content (AvgIpc) is 2.59. The number of benzene rings is 1. The maximum absolute atomic E-state index is 6.09. The van der Waals surface area contributed by atoms with E-state index in [0.717, 1.165) is 12.5 Å².